The topological polar surface area (TPSA) is 90.2 Å². The number of allylic oxidation sites excluding steroid dienone is 2. The number of carbonyl (C=O) groups is 1. The van der Waals surface area contributed by atoms with Crippen molar-refractivity contribution in [1.82, 2.24) is 4.90 Å². The lowest BCUT2D eigenvalue weighted by atomic mass is 10.0. The van der Waals surface area contributed by atoms with Crippen LogP contribution in [0.4, 0.5) is 0 Å². The highest BCUT2D eigenvalue weighted by Gasteiger charge is 2.41. The van der Waals surface area contributed by atoms with Gasteiger partial charge in [-0.05, 0) is 38.5 Å². The molecule has 0 unspecified atom stereocenters. The van der Waals surface area contributed by atoms with Gasteiger partial charge in [-0.3, -0.25) is 4.79 Å². The molecule has 278 valence electrons. The van der Waals surface area contributed by atoms with Crippen molar-refractivity contribution in [2.45, 2.75) is 231 Å². The Morgan fingerprint density at radius 1 is 0.553 bits per heavy atom. The highest BCUT2D eigenvalue weighted by Crippen LogP contribution is 2.22. The molecule has 0 aliphatic carbocycles. The Bertz CT molecular complexity index is 716. The minimum absolute atomic E-state index is 0.0174. The van der Waals surface area contributed by atoms with E-state index in [2.05, 4.69) is 26.0 Å². The van der Waals surface area contributed by atoms with E-state index in [1.54, 1.807) is 4.90 Å². The lowest BCUT2D eigenvalue weighted by Crippen LogP contribution is -2.60. The molecule has 1 rings (SSSR count). The van der Waals surface area contributed by atoms with Crippen molar-refractivity contribution >= 4 is 5.91 Å². The predicted octanol–water partition coefficient (Wildman–Crippen LogP) is 10.6. The van der Waals surface area contributed by atoms with Gasteiger partial charge in [0.25, 0.3) is 0 Å². The SMILES string of the molecule is CCCCCCCC/C=C\CCCCCCCC(=O)N(CCCCCCCCCCCCCCCCCC)[C@@H]1OC[C@@H](O)[C@@H](O)[C@@H]1O. The fraction of sp³-hybridized carbons (Fsp3) is 0.927. The Labute approximate surface area is 291 Å². The van der Waals surface area contributed by atoms with E-state index in [1.807, 2.05) is 0 Å². The molecule has 3 N–H and O–H groups in total. The second kappa shape index (κ2) is 32.3. The lowest BCUT2D eigenvalue weighted by Gasteiger charge is -2.41. The van der Waals surface area contributed by atoms with E-state index in [9.17, 15) is 20.1 Å². The maximum Gasteiger partial charge on any atom is 0.224 e. The van der Waals surface area contributed by atoms with Crippen LogP contribution in [-0.2, 0) is 9.53 Å². The number of rotatable bonds is 33. The average molecular weight is 666 g/mol. The van der Waals surface area contributed by atoms with Crippen LogP contribution in [0, 0.1) is 0 Å². The van der Waals surface area contributed by atoms with Crippen molar-refractivity contribution in [1.29, 1.82) is 0 Å². The third-order valence-electron chi connectivity index (χ3n) is 10.0. The smallest absolute Gasteiger partial charge is 0.224 e. The third-order valence-corrected chi connectivity index (χ3v) is 10.0. The van der Waals surface area contributed by atoms with Gasteiger partial charge in [0.05, 0.1) is 6.61 Å². The summed E-state index contributed by atoms with van der Waals surface area (Å²) in [5.41, 5.74) is 0. The molecule has 0 spiro atoms. The van der Waals surface area contributed by atoms with E-state index in [0.717, 1.165) is 44.9 Å². The van der Waals surface area contributed by atoms with Gasteiger partial charge in [-0.15, -0.1) is 0 Å². The summed E-state index contributed by atoms with van der Waals surface area (Å²) in [6, 6.07) is 0. The molecule has 0 saturated carbocycles. The van der Waals surface area contributed by atoms with Crippen LogP contribution < -0.4 is 0 Å². The van der Waals surface area contributed by atoms with E-state index in [4.69, 9.17) is 4.74 Å². The Balaban J connectivity index is 2.19. The van der Waals surface area contributed by atoms with Gasteiger partial charge >= 0.3 is 0 Å². The number of hydrogen-bond acceptors (Lipinski definition) is 5. The minimum atomic E-state index is -1.30. The molecule has 6 heteroatoms. The summed E-state index contributed by atoms with van der Waals surface area (Å²) in [7, 11) is 0. The number of ether oxygens (including phenoxy) is 1. The molecule has 1 aliphatic rings. The zero-order chi connectivity index (χ0) is 34.2. The van der Waals surface area contributed by atoms with Gasteiger partial charge in [-0.25, -0.2) is 0 Å². The molecule has 1 saturated heterocycles. The van der Waals surface area contributed by atoms with Gasteiger partial charge in [0.15, 0.2) is 6.23 Å². The van der Waals surface area contributed by atoms with Crippen LogP contribution in [0.5, 0.6) is 0 Å². The molecule has 47 heavy (non-hydrogen) atoms. The normalized spacial score (nSPS) is 19.9. The zero-order valence-corrected chi connectivity index (χ0v) is 31.2. The Kier molecular flexibility index (Phi) is 30.3. The number of amides is 1. The van der Waals surface area contributed by atoms with Crippen LogP contribution in [-0.4, -0.2) is 63.8 Å². The van der Waals surface area contributed by atoms with E-state index >= 15 is 0 Å². The molecular weight excluding hydrogens is 586 g/mol. The molecule has 0 aromatic rings. The fourth-order valence-corrected chi connectivity index (χ4v) is 6.78. The molecule has 6 nitrogen and oxygen atoms in total. The standard InChI is InChI=1S/C41H79NO5/c1-3-5-7-9-11-13-15-17-19-21-23-25-27-29-31-33-35-42(41-40(46)39(45)37(43)36-47-41)38(44)34-32-30-28-26-24-22-20-18-16-14-12-10-8-6-4-2/h18,20,37,39-41,43,45-46H,3-17,19,21-36H2,1-2H3/b20-18-/t37-,39-,40+,41-/m1/s1. The van der Waals surface area contributed by atoms with Crippen LogP contribution in [0.15, 0.2) is 12.2 Å². The molecule has 4 atom stereocenters. The Morgan fingerprint density at radius 3 is 1.38 bits per heavy atom. The molecule has 1 aliphatic heterocycles. The lowest BCUT2D eigenvalue weighted by molar-refractivity contribution is -0.228. The number of aliphatic hydroxyl groups is 3. The van der Waals surface area contributed by atoms with Crippen LogP contribution in [0.25, 0.3) is 0 Å². The van der Waals surface area contributed by atoms with Crippen LogP contribution in [0.1, 0.15) is 206 Å². The number of aliphatic hydroxyl groups excluding tert-OH is 3. The van der Waals surface area contributed by atoms with E-state index in [1.165, 1.54) is 141 Å². The number of hydrogen-bond donors (Lipinski definition) is 3. The summed E-state index contributed by atoms with van der Waals surface area (Å²) in [5.74, 6) is -0.0174. The first-order valence-electron chi connectivity index (χ1n) is 20.6. The van der Waals surface area contributed by atoms with Crippen molar-refractivity contribution in [3.8, 4) is 0 Å². The second-order valence-corrected chi connectivity index (χ2v) is 14.5. The minimum Gasteiger partial charge on any atom is -0.388 e. The maximum absolute atomic E-state index is 13.3. The van der Waals surface area contributed by atoms with Crippen molar-refractivity contribution < 1.29 is 24.9 Å². The summed E-state index contributed by atoms with van der Waals surface area (Å²) >= 11 is 0. The summed E-state index contributed by atoms with van der Waals surface area (Å²) < 4.78 is 5.70. The van der Waals surface area contributed by atoms with Crippen molar-refractivity contribution in [3.05, 3.63) is 12.2 Å². The van der Waals surface area contributed by atoms with Gasteiger partial charge in [0, 0.05) is 13.0 Å². The van der Waals surface area contributed by atoms with Gasteiger partial charge in [-0.2, -0.15) is 0 Å². The summed E-state index contributed by atoms with van der Waals surface area (Å²) in [5, 5.41) is 30.8. The van der Waals surface area contributed by atoms with E-state index < -0.39 is 24.5 Å². The highest BCUT2D eigenvalue weighted by molar-refractivity contribution is 5.76. The van der Waals surface area contributed by atoms with Gasteiger partial charge < -0.3 is 25.0 Å². The summed E-state index contributed by atoms with van der Waals surface area (Å²) in [6.45, 7) is 4.99. The second-order valence-electron chi connectivity index (χ2n) is 14.5. The third kappa shape index (κ3) is 23.9. The summed E-state index contributed by atoms with van der Waals surface area (Å²) in [4.78, 5) is 14.9. The monoisotopic (exact) mass is 666 g/mol. The largest absolute Gasteiger partial charge is 0.388 e. The molecule has 0 radical (unpaired) electrons. The van der Waals surface area contributed by atoms with Crippen LogP contribution >= 0.6 is 0 Å². The van der Waals surface area contributed by atoms with Crippen LogP contribution in [0.2, 0.25) is 0 Å². The summed E-state index contributed by atoms with van der Waals surface area (Å²) in [6.07, 6.45) is 37.1. The average Bonchev–Trinajstić information content (AvgIpc) is 3.07. The number of carbonyl (C=O) groups excluding carboxylic acids is 1. The van der Waals surface area contributed by atoms with Crippen molar-refractivity contribution in [2.75, 3.05) is 13.2 Å². The van der Waals surface area contributed by atoms with Gasteiger partial charge in [0.2, 0.25) is 5.91 Å². The Morgan fingerprint density at radius 2 is 0.936 bits per heavy atom. The molecule has 0 bridgehead atoms. The molecule has 1 fully saturated rings. The van der Waals surface area contributed by atoms with Gasteiger partial charge in [0.1, 0.15) is 18.3 Å². The quantitative estimate of drug-likeness (QED) is 0.0479. The molecule has 0 aromatic carbocycles. The van der Waals surface area contributed by atoms with E-state index in [0.29, 0.717) is 13.0 Å². The van der Waals surface area contributed by atoms with Crippen molar-refractivity contribution in [2.24, 2.45) is 0 Å². The molecule has 1 heterocycles. The van der Waals surface area contributed by atoms with Gasteiger partial charge in [-0.1, -0.05) is 174 Å². The fourth-order valence-electron chi connectivity index (χ4n) is 6.78. The first-order valence-corrected chi connectivity index (χ1v) is 20.6. The van der Waals surface area contributed by atoms with Crippen LogP contribution in [0.3, 0.4) is 0 Å². The predicted molar refractivity (Wildman–Crippen MR) is 198 cm³/mol. The maximum atomic E-state index is 13.3. The number of unbranched alkanes of at least 4 members (excludes halogenated alkanes) is 26. The zero-order valence-electron chi connectivity index (χ0n) is 31.2. The molecule has 0 aromatic heterocycles. The number of nitrogens with zero attached hydrogens (tertiary/aromatic N) is 1. The first-order chi connectivity index (χ1) is 23.0. The first kappa shape index (κ1) is 44.1. The van der Waals surface area contributed by atoms with E-state index in [-0.39, 0.29) is 12.5 Å². The Hall–Kier alpha value is -0.950. The highest BCUT2D eigenvalue weighted by atomic mass is 16.5. The molecular formula is C41H79NO5. The molecule has 1 amide bonds. The van der Waals surface area contributed by atoms with Crippen molar-refractivity contribution in [3.63, 3.8) is 0 Å².